The van der Waals surface area contributed by atoms with Gasteiger partial charge in [0.05, 0.1) is 0 Å². The molecule has 82 heavy (non-hydrogen) atoms. The molecule has 0 atom stereocenters. The number of benzene rings is 14. The number of rotatable bonds is 5. The first-order valence-corrected chi connectivity index (χ1v) is 29.0. The highest BCUT2D eigenvalue weighted by Gasteiger charge is 2.40. The predicted molar refractivity (Wildman–Crippen MR) is 352 cm³/mol. The van der Waals surface area contributed by atoms with Crippen LogP contribution in [-0.4, -0.2) is 12.7 Å². The van der Waals surface area contributed by atoms with E-state index in [1.807, 2.05) is 54.6 Å². The second kappa shape index (κ2) is 20.5. The first-order chi connectivity index (χ1) is 40.1. The third-order valence-corrected chi connectivity index (χ3v) is 18.1. The molecule has 1 N–H and O–H groups in total. The Morgan fingerprint density at radius 3 is 1.07 bits per heavy atom. The third kappa shape index (κ3) is 8.18. The summed E-state index contributed by atoms with van der Waals surface area (Å²) in [6.07, 6.45) is 0. The maximum Gasteiger partial charge on any atom is 0.569 e. The van der Waals surface area contributed by atoms with Crippen molar-refractivity contribution in [3.8, 4) is 61.4 Å². The van der Waals surface area contributed by atoms with Crippen LogP contribution in [0.25, 0.3) is 120 Å². The van der Waals surface area contributed by atoms with Crippen molar-refractivity contribution in [3.63, 3.8) is 0 Å². The fourth-order valence-electron chi connectivity index (χ4n) is 14.0. The fraction of sp³-hybridized carbons (Fsp3) is 0.0769. The van der Waals surface area contributed by atoms with E-state index in [0.717, 1.165) is 29.2 Å². The fourth-order valence-corrected chi connectivity index (χ4v) is 14.8. The van der Waals surface area contributed by atoms with Crippen LogP contribution in [0.15, 0.2) is 271 Å². The maximum absolute atomic E-state index is 9.18. The molecule has 0 spiro atoms. The molecule has 0 bridgehead atoms. The molecule has 4 heteroatoms. The number of hydrogen-bond donors (Lipinski definition) is 1. The molecular formula is C78H57BBrO2. The topological polar surface area (TPSA) is 29.5 Å². The Labute approximate surface area is 488 Å². The summed E-state index contributed by atoms with van der Waals surface area (Å²) >= 11 is 3.75. The lowest BCUT2D eigenvalue weighted by Gasteiger charge is -2.26. The standard InChI is InChI=1S/C39H28.C20H14BO2.C19H15Br/c1-39(2)34-24-23-25-13-6-7-16-27(25)37(34)33-22-12-21-32(38(33)39)36-30-19-10-8-17-28(30)35(26-14-4-3-5-15-26)29-18-9-11-20-31(29)36;22-21-23-20-17-12-6-4-10-15(17)19(14-8-2-1-3-9-14)16-11-5-7-13-18(16)20;1-19(2)15-11-10-12-6-3-4-7-13(12)17(15)14-8-5-9-16(20)18(14)19/h3-24H,1-2H3;1-13,22H;3-11H,1-2H3. The Hall–Kier alpha value is -9.06. The lowest BCUT2D eigenvalue weighted by atomic mass is 9.76. The van der Waals surface area contributed by atoms with Gasteiger partial charge in [-0.15, -0.1) is 0 Å². The molecule has 14 aromatic carbocycles. The Morgan fingerprint density at radius 1 is 0.305 bits per heavy atom. The third-order valence-electron chi connectivity index (χ3n) is 17.4. The predicted octanol–water partition coefficient (Wildman–Crippen LogP) is 21.3. The highest BCUT2D eigenvalue weighted by Crippen LogP contribution is 2.57. The van der Waals surface area contributed by atoms with Gasteiger partial charge in [-0.05, 0) is 138 Å². The molecule has 2 nitrogen and oxygen atoms in total. The lowest BCUT2D eigenvalue weighted by Crippen LogP contribution is -2.16. The molecule has 0 saturated carbocycles. The van der Waals surface area contributed by atoms with E-state index in [9.17, 15) is 5.02 Å². The van der Waals surface area contributed by atoms with Crippen LogP contribution in [-0.2, 0) is 10.8 Å². The second-order valence-corrected chi connectivity index (χ2v) is 23.5. The molecule has 14 aromatic rings. The maximum atomic E-state index is 9.18. The van der Waals surface area contributed by atoms with Crippen LogP contribution in [0.1, 0.15) is 49.9 Å². The largest absolute Gasteiger partial charge is 0.569 e. The summed E-state index contributed by atoms with van der Waals surface area (Å²) in [5, 5.41) is 23.9. The molecule has 2 aliphatic rings. The highest BCUT2D eigenvalue weighted by molar-refractivity contribution is 9.10. The van der Waals surface area contributed by atoms with Crippen molar-refractivity contribution in [2.24, 2.45) is 0 Å². The van der Waals surface area contributed by atoms with E-state index in [2.05, 4.69) is 256 Å². The van der Waals surface area contributed by atoms with Crippen molar-refractivity contribution in [1.82, 2.24) is 0 Å². The van der Waals surface area contributed by atoms with Crippen LogP contribution in [0.2, 0.25) is 0 Å². The Morgan fingerprint density at radius 2 is 0.634 bits per heavy atom. The zero-order valence-electron chi connectivity index (χ0n) is 46.2. The zero-order chi connectivity index (χ0) is 55.7. The Balaban J connectivity index is 0.000000119. The summed E-state index contributed by atoms with van der Waals surface area (Å²) in [7, 11) is 0.746. The summed E-state index contributed by atoms with van der Waals surface area (Å²) in [6.45, 7) is 9.44. The van der Waals surface area contributed by atoms with Crippen LogP contribution in [0.5, 0.6) is 5.75 Å². The summed E-state index contributed by atoms with van der Waals surface area (Å²) in [4.78, 5) is 0. The van der Waals surface area contributed by atoms with Gasteiger partial charge in [0, 0.05) is 26.1 Å². The molecule has 0 unspecified atom stereocenters. The minimum atomic E-state index is -0.119. The van der Waals surface area contributed by atoms with E-state index in [1.165, 1.54) is 125 Å². The van der Waals surface area contributed by atoms with Crippen molar-refractivity contribution >= 4 is 88.2 Å². The van der Waals surface area contributed by atoms with Gasteiger partial charge in [-0.3, -0.25) is 0 Å². The minimum Gasteiger partial charge on any atom is -0.537 e. The number of fused-ring (bicyclic) bond motifs is 14. The van der Waals surface area contributed by atoms with Gasteiger partial charge in [-0.25, -0.2) is 0 Å². The van der Waals surface area contributed by atoms with Crippen LogP contribution in [0.3, 0.4) is 0 Å². The summed E-state index contributed by atoms with van der Waals surface area (Å²) in [6, 6.07) is 95.5. The van der Waals surface area contributed by atoms with Crippen LogP contribution < -0.4 is 4.65 Å². The van der Waals surface area contributed by atoms with Crippen LogP contribution in [0, 0.1) is 0 Å². The average molecular weight is 1120 g/mol. The van der Waals surface area contributed by atoms with Gasteiger partial charge in [0.1, 0.15) is 5.75 Å². The van der Waals surface area contributed by atoms with Crippen molar-refractivity contribution in [1.29, 1.82) is 0 Å². The van der Waals surface area contributed by atoms with E-state index in [1.54, 1.807) is 0 Å². The number of halogens is 1. The first-order valence-electron chi connectivity index (χ1n) is 28.2. The highest BCUT2D eigenvalue weighted by atomic mass is 79.9. The monoisotopic (exact) mass is 1120 g/mol. The molecule has 0 heterocycles. The molecule has 0 aromatic heterocycles. The molecule has 0 fully saturated rings. The molecule has 2 aliphatic carbocycles. The van der Waals surface area contributed by atoms with Crippen LogP contribution >= 0.6 is 15.9 Å². The molecule has 391 valence electrons. The smallest absolute Gasteiger partial charge is 0.537 e. The van der Waals surface area contributed by atoms with Gasteiger partial charge in [-0.1, -0.05) is 304 Å². The van der Waals surface area contributed by atoms with Crippen molar-refractivity contribution in [2.45, 2.75) is 38.5 Å². The Bertz CT molecular complexity index is 4720. The second-order valence-electron chi connectivity index (χ2n) is 22.7. The Kier molecular flexibility index (Phi) is 12.8. The quantitative estimate of drug-likeness (QED) is 0.137. The van der Waals surface area contributed by atoms with Gasteiger partial charge in [-0.2, -0.15) is 0 Å². The molecule has 1 radical (unpaired) electrons. The minimum absolute atomic E-state index is 0.0504. The normalized spacial score (nSPS) is 13.2. The summed E-state index contributed by atoms with van der Waals surface area (Å²) in [5.74, 6) is 0.679. The average Bonchev–Trinajstić information content (AvgIpc) is 2.06. The van der Waals surface area contributed by atoms with E-state index in [4.69, 9.17) is 4.65 Å². The first kappa shape index (κ1) is 51.1. The van der Waals surface area contributed by atoms with Crippen molar-refractivity contribution < 1.29 is 9.68 Å². The van der Waals surface area contributed by atoms with Crippen molar-refractivity contribution in [3.05, 3.63) is 294 Å². The van der Waals surface area contributed by atoms with Crippen molar-refractivity contribution in [2.75, 3.05) is 0 Å². The zero-order valence-corrected chi connectivity index (χ0v) is 47.8. The van der Waals surface area contributed by atoms with E-state index >= 15 is 0 Å². The van der Waals surface area contributed by atoms with E-state index in [0.29, 0.717) is 5.75 Å². The summed E-state index contributed by atoms with van der Waals surface area (Å²) < 4.78 is 6.66. The molecule has 0 amide bonds. The summed E-state index contributed by atoms with van der Waals surface area (Å²) in [5.41, 5.74) is 18.7. The van der Waals surface area contributed by atoms with Gasteiger partial charge >= 0.3 is 7.69 Å². The van der Waals surface area contributed by atoms with Gasteiger partial charge in [0.25, 0.3) is 0 Å². The lowest BCUT2D eigenvalue weighted by molar-refractivity contribution is 0.459. The molecule has 0 aliphatic heterocycles. The van der Waals surface area contributed by atoms with Gasteiger partial charge in [0.2, 0.25) is 0 Å². The van der Waals surface area contributed by atoms with Gasteiger partial charge < -0.3 is 9.68 Å². The van der Waals surface area contributed by atoms with Gasteiger partial charge in [0.15, 0.2) is 0 Å². The molecule has 0 saturated heterocycles. The van der Waals surface area contributed by atoms with E-state index < -0.39 is 0 Å². The molecule has 16 rings (SSSR count). The number of hydrogen-bond acceptors (Lipinski definition) is 2. The SMILES string of the molecule is CC1(C)c2ccc3ccccc3c2-c2cccc(-c3c4ccccc4c(-c4ccccc4)c4ccccc34)c21.CC1(C)c2ccc3ccccc3c2-c2cccc(Br)c21.O[B]Oc1c2ccccc2c(-c2ccccc2)c2ccccc12. The van der Waals surface area contributed by atoms with E-state index in [-0.39, 0.29) is 10.8 Å². The molecular weight excluding hydrogens is 1060 g/mol. The van der Waals surface area contributed by atoms with Crippen LogP contribution in [0.4, 0.5) is 0 Å².